The lowest BCUT2D eigenvalue weighted by Gasteiger charge is -2.35. The number of likely N-dealkylation sites (tertiary alicyclic amines) is 1. The highest BCUT2D eigenvalue weighted by molar-refractivity contribution is 5.92. The van der Waals surface area contributed by atoms with Crippen molar-refractivity contribution in [3.05, 3.63) is 48.9 Å². The summed E-state index contributed by atoms with van der Waals surface area (Å²) in [5, 5.41) is 10.5. The van der Waals surface area contributed by atoms with Crippen molar-refractivity contribution in [1.82, 2.24) is 19.4 Å². The standard InChI is InChI=1S/C19H20N4O3/c24-16-8-13-10-23(9-12(13)7-15(16)22-6-5-20-11-22)19(25)18-21-14-3-1-2-4-17(14)26-18/h1-6,11-13,15-16,24H,7-10H2/t12-,13+,15-,16-/m1/s1. The molecule has 4 atom stereocenters. The maximum Gasteiger partial charge on any atom is 0.309 e. The summed E-state index contributed by atoms with van der Waals surface area (Å²) < 4.78 is 7.61. The van der Waals surface area contributed by atoms with Crippen molar-refractivity contribution in [3.63, 3.8) is 0 Å². The Bertz CT molecular complexity index is 902. The van der Waals surface area contributed by atoms with Crippen molar-refractivity contribution >= 4 is 17.0 Å². The summed E-state index contributed by atoms with van der Waals surface area (Å²) in [6.07, 6.45) is 6.51. The van der Waals surface area contributed by atoms with Crippen LogP contribution in [-0.4, -0.2) is 49.6 Å². The molecule has 1 N–H and O–H groups in total. The Hall–Kier alpha value is -2.67. The molecule has 0 unspecified atom stereocenters. The van der Waals surface area contributed by atoms with Crippen molar-refractivity contribution in [2.75, 3.05) is 13.1 Å². The number of benzene rings is 1. The maximum absolute atomic E-state index is 12.8. The number of hydrogen-bond donors (Lipinski definition) is 1. The molecule has 1 saturated carbocycles. The molecular formula is C19H20N4O3. The fourth-order valence-electron chi connectivity index (χ4n) is 4.46. The van der Waals surface area contributed by atoms with E-state index in [0.29, 0.717) is 42.4 Å². The zero-order valence-corrected chi connectivity index (χ0v) is 14.2. The second-order valence-electron chi connectivity index (χ2n) is 7.33. The summed E-state index contributed by atoms with van der Waals surface area (Å²) in [7, 11) is 0. The number of carbonyl (C=O) groups excluding carboxylic acids is 1. The van der Waals surface area contributed by atoms with Crippen molar-refractivity contribution in [2.24, 2.45) is 11.8 Å². The van der Waals surface area contributed by atoms with Crippen molar-refractivity contribution in [1.29, 1.82) is 0 Å². The molecule has 3 aromatic rings. The van der Waals surface area contributed by atoms with Gasteiger partial charge in [0.15, 0.2) is 5.58 Å². The molecule has 26 heavy (non-hydrogen) atoms. The van der Waals surface area contributed by atoms with Crippen LogP contribution in [0.2, 0.25) is 0 Å². The Morgan fingerprint density at radius 3 is 2.77 bits per heavy atom. The fraction of sp³-hybridized carbons (Fsp3) is 0.421. The van der Waals surface area contributed by atoms with Crippen molar-refractivity contribution < 1.29 is 14.3 Å². The topological polar surface area (TPSA) is 84.4 Å². The summed E-state index contributed by atoms with van der Waals surface area (Å²) >= 11 is 0. The predicted molar refractivity (Wildman–Crippen MR) is 93.4 cm³/mol. The van der Waals surface area contributed by atoms with Crippen LogP contribution in [0.5, 0.6) is 0 Å². The molecule has 7 nitrogen and oxygen atoms in total. The number of aromatic nitrogens is 3. The van der Waals surface area contributed by atoms with Crippen molar-refractivity contribution in [2.45, 2.75) is 25.0 Å². The van der Waals surface area contributed by atoms with E-state index < -0.39 is 6.10 Å². The van der Waals surface area contributed by atoms with Crippen LogP contribution >= 0.6 is 0 Å². The Morgan fingerprint density at radius 1 is 1.19 bits per heavy atom. The van der Waals surface area contributed by atoms with Gasteiger partial charge in [0.05, 0.1) is 18.5 Å². The normalized spacial score (nSPS) is 28.4. The minimum Gasteiger partial charge on any atom is -0.432 e. The number of fused-ring (bicyclic) bond motifs is 2. The number of carbonyl (C=O) groups is 1. The monoisotopic (exact) mass is 352 g/mol. The summed E-state index contributed by atoms with van der Waals surface area (Å²) in [5.74, 6) is 0.679. The van der Waals surface area contributed by atoms with Gasteiger partial charge in [-0.05, 0) is 36.8 Å². The van der Waals surface area contributed by atoms with Crippen LogP contribution < -0.4 is 0 Å². The minimum atomic E-state index is -0.412. The molecular weight excluding hydrogens is 332 g/mol. The smallest absolute Gasteiger partial charge is 0.309 e. The Kier molecular flexibility index (Phi) is 3.56. The summed E-state index contributed by atoms with van der Waals surface area (Å²) in [5.41, 5.74) is 1.33. The largest absolute Gasteiger partial charge is 0.432 e. The fourth-order valence-corrected chi connectivity index (χ4v) is 4.46. The van der Waals surface area contributed by atoms with Crippen LogP contribution in [0.1, 0.15) is 29.6 Å². The molecule has 5 rings (SSSR count). The first-order valence-electron chi connectivity index (χ1n) is 8.99. The highest BCUT2D eigenvalue weighted by Crippen LogP contribution is 2.41. The number of para-hydroxylation sites is 2. The molecule has 0 spiro atoms. The summed E-state index contributed by atoms with van der Waals surface area (Å²) in [6, 6.07) is 7.42. The van der Waals surface area contributed by atoms with Gasteiger partial charge in [-0.3, -0.25) is 4.79 Å². The first-order valence-corrected chi connectivity index (χ1v) is 8.99. The van der Waals surface area contributed by atoms with Gasteiger partial charge in [-0.2, -0.15) is 0 Å². The number of aliphatic hydroxyl groups is 1. The predicted octanol–water partition coefficient (Wildman–Crippen LogP) is 2.11. The minimum absolute atomic E-state index is 0.0260. The number of rotatable bonds is 2. The van der Waals surface area contributed by atoms with Gasteiger partial charge in [-0.25, -0.2) is 9.97 Å². The molecule has 0 radical (unpaired) electrons. The van der Waals surface area contributed by atoms with E-state index in [2.05, 4.69) is 9.97 Å². The maximum atomic E-state index is 12.8. The molecule has 1 aromatic carbocycles. The van der Waals surface area contributed by atoms with Gasteiger partial charge < -0.3 is 19.0 Å². The molecule has 0 bridgehead atoms. The van der Waals surface area contributed by atoms with E-state index in [1.165, 1.54) is 0 Å². The van der Waals surface area contributed by atoms with Crippen LogP contribution in [0, 0.1) is 11.8 Å². The second-order valence-corrected chi connectivity index (χ2v) is 7.33. The van der Waals surface area contributed by atoms with Crippen LogP contribution in [0.3, 0.4) is 0 Å². The average Bonchev–Trinajstić information content (AvgIpc) is 3.38. The molecule has 1 aliphatic heterocycles. The molecule has 134 valence electrons. The van der Waals surface area contributed by atoms with E-state index in [1.54, 1.807) is 12.5 Å². The number of hydrogen-bond acceptors (Lipinski definition) is 5. The number of nitrogens with zero attached hydrogens (tertiary/aromatic N) is 4. The number of amides is 1. The lowest BCUT2D eigenvalue weighted by atomic mass is 9.77. The second kappa shape index (κ2) is 5.95. The van der Waals surface area contributed by atoms with E-state index in [0.717, 1.165) is 6.42 Å². The van der Waals surface area contributed by atoms with E-state index >= 15 is 0 Å². The molecule has 7 heteroatoms. The van der Waals surface area contributed by atoms with E-state index in [1.807, 2.05) is 39.9 Å². The molecule has 2 fully saturated rings. The quantitative estimate of drug-likeness (QED) is 0.764. The van der Waals surface area contributed by atoms with Gasteiger partial charge in [-0.15, -0.1) is 0 Å². The highest BCUT2D eigenvalue weighted by atomic mass is 16.4. The van der Waals surface area contributed by atoms with Gasteiger partial charge in [0.1, 0.15) is 5.52 Å². The third-order valence-electron chi connectivity index (χ3n) is 5.78. The van der Waals surface area contributed by atoms with Gasteiger partial charge >= 0.3 is 5.91 Å². The van der Waals surface area contributed by atoms with Crippen LogP contribution in [0.4, 0.5) is 0 Å². The lowest BCUT2D eigenvalue weighted by molar-refractivity contribution is 0.0357. The number of aliphatic hydroxyl groups excluding tert-OH is 1. The van der Waals surface area contributed by atoms with E-state index in [9.17, 15) is 9.90 Å². The van der Waals surface area contributed by atoms with Crippen LogP contribution in [0.15, 0.2) is 47.4 Å². The lowest BCUT2D eigenvalue weighted by Crippen LogP contribution is -2.35. The molecule has 2 aromatic heterocycles. The molecule has 1 saturated heterocycles. The summed E-state index contributed by atoms with van der Waals surface area (Å²) in [4.78, 5) is 23.1. The van der Waals surface area contributed by atoms with Crippen molar-refractivity contribution in [3.8, 4) is 0 Å². The Balaban J connectivity index is 1.34. The number of oxazole rings is 1. The summed E-state index contributed by atoms with van der Waals surface area (Å²) in [6.45, 7) is 1.33. The SMILES string of the molecule is O=C(c1nc2ccccc2o1)N1C[C@H]2C[C@@H](n3ccnc3)[C@H](O)C[C@H]2C1. The first kappa shape index (κ1) is 15.6. The third-order valence-corrected chi connectivity index (χ3v) is 5.78. The van der Waals surface area contributed by atoms with Gasteiger partial charge in [0.25, 0.3) is 5.89 Å². The molecule has 3 heterocycles. The van der Waals surface area contributed by atoms with Gasteiger partial charge in [0.2, 0.25) is 0 Å². The average molecular weight is 352 g/mol. The molecule has 2 aliphatic rings. The number of imidazole rings is 1. The van der Waals surface area contributed by atoms with Gasteiger partial charge in [-0.1, -0.05) is 12.1 Å². The van der Waals surface area contributed by atoms with Crippen LogP contribution in [0.25, 0.3) is 11.1 Å². The van der Waals surface area contributed by atoms with Crippen LogP contribution in [-0.2, 0) is 0 Å². The van der Waals surface area contributed by atoms with E-state index in [4.69, 9.17) is 4.42 Å². The first-order chi connectivity index (χ1) is 12.7. The third kappa shape index (κ3) is 2.50. The van der Waals surface area contributed by atoms with Gasteiger partial charge in [0, 0.05) is 25.5 Å². The highest BCUT2D eigenvalue weighted by Gasteiger charge is 2.44. The zero-order chi connectivity index (χ0) is 17.7. The molecule has 1 aliphatic carbocycles. The zero-order valence-electron chi connectivity index (χ0n) is 14.2. The Morgan fingerprint density at radius 2 is 2.00 bits per heavy atom. The Labute approximate surface area is 150 Å². The molecule has 1 amide bonds. The van der Waals surface area contributed by atoms with E-state index in [-0.39, 0.29) is 17.8 Å².